The van der Waals surface area contributed by atoms with Crippen molar-refractivity contribution in [1.82, 2.24) is 0 Å². The van der Waals surface area contributed by atoms with E-state index in [0.29, 0.717) is 11.8 Å². The van der Waals surface area contributed by atoms with E-state index in [1.165, 1.54) is 31.7 Å². The van der Waals surface area contributed by atoms with Crippen LogP contribution in [0.3, 0.4) is 0 Å². The van der Waals surface area contributed by atoms with Crippen molar-refractivity contribution in [2.45, 2.75) is 38.0 Å². The standard InChI is InChI=1S/C14H20FN/c15-13-7-4-6-11(9-13)14-8-3-1-2-5-12(14)10-16/h4,6-7,9,12,14H,1-3,5,8,10,16H2. The predicted octanol–water partition coefficient (Wildman–Crippen LogP) is 3.45. The van der Waals surface area contributed by atoms with Crippen LogP contribution in [0.1, 0.15) is 43.6 Å². The number of hydrogen-bond donors (Lipinski definition) is 1. The summed E-state index contributed by atoms with van der Waals surface area (Å²) in [4.78, 5) is 0. The Bertz CT molecular complexity index is 337. The fraction of sp³-hybridized carbons (Fsp3) is 0.571. The molecule has 1 nitrogen and oxygen atoms in total. The van der Waals surface area contributed by atoms with Gasteiger partial charge >= 0.3 is 0 Å². The molecule has 2 unspecified atom stereocenters. The Hall–Kier alpha value is -0.890. The average Bonchev–Trinajstić information content (AvgIpc) is 2.53. The second-order valence-electron chi connectivity index (χ2n) is 4.80. The van der Waals surface area contributed by atoms with Gasteiger partial charge in [-0.05, 0) is 48.9 Å². The van der Waals surface area contributed by atoms with Crippen molar-refractivity contribution < 1.29 is 4.39 Å². The first-order valence-electron chi connectivity index (χ1n) is 6.27. The van der Waals surface area contributed by atoms with E-state index in [2.05, 4.69) is 0 Å². The fourth-order valence-corrected chi connectivity index (χ4v) is 2.84. The van der Waals surface area contributed by atoms with E-state index in [1.54, 1.807) is 6.07 Å². The van der Waals surface area contributed by atoms with Crippen LogP contribution in [0.25, 0.3) is 0 Å². The van der Waals surface area contributed by atoms with Gasteiger partial charge in [-0.15, -0.1) is 0 Å². The largest absolute Gasteiger partial charge is 0.330 e. The number of benzene rings is 1. The molecule has 0 amide bonds. The number of rotatable bonds is 2. The third-order valence-corrected chi connectivity index (χ3v) is 3.74. The third-order valence-electron chi connectivity index (χ3n) is 3.74. The summed E-state index contributed by atoms with van der Waals surface area (Å²) in [6.07, 6.45) is 6.16. The highest BCUT2D eigenvalue weighted by Crippen LogP contribution is 2.36. The van der Waals surface area contributed by atoms with Crippen molar-refractivity contribution in [3.05, 3.63) is 35.6 Å². The lowest BCUT2D eigenvalue weighted by Crippen LogP contribution is -2.21. The summed E-state index contributed by atoms with van der Waals surface area (Å²) in [6.45, 7) is 0.723. The zero-order valence-corrected chi connectivity index (χ0v) is 9.66. The molecule has 1 aromatic rings. The van der Waals surface area contributed by atoms with E-state index < -0.39 is 0 Å². The summed E-state index contributed by atoms with van der Waals surface area (Å²) in [5.74, 6) is 0.866. The third kappa shape index (κ3) is 2.62. The molecule has 0 aromatic heterocycles. The van der Waals surface area contributed by atoms with Gasteiger partial charge in [-0.25, -0.2) is 4.39 Å². The summed E-state index contributed by atoms with van der Waals surface area (Å²) in [6, 6.07) is 7.04. The van der Waals surface area contributed by atoms with E-state index in [4.69, 9.17) is 5.73 Å². The Labute approximate surface area is 96.9 Å². The van der Waals surface area contributed by atoms with Gasteiger partial charge in [-0.1, -0.05) is 31.4 Å². The molecule has 1 aliphatic rings. The molecule has 0 spiro atoms. The Morgan fingerprint density at radius 1 is 1.19 bits per heavy atom. The summed E-state index contributed by atoms with van der Waals surface area (Å²) in [7, 11) is 0. The first kappa shape index (κ1) is 11.6. The zero-order valence-electron chi connectivity index (χ0n) is 9.66. The number of halogens is 1. The first-order valence-corrected chi connectivity index (χ1v) is 6.27. The van der Waals surface area contributed by atoms with E-state index >= 15 is 0 Å². The van der Waals surface area contributed by atoms with Crippen molar-refractivity contribution in [2.24, 2.45) is 11.7 Å². The lowest BCUT2D eigenvalue weighted by atomic mass is 9.82. The minimum Gasteiger partial charge on any atom is -0.330 e. The molecule has 0 bridgehead atoms. The maximum absolute atomic E-state index is 13.2. The molecule has 2 heteroatoms. The molecule has 0 heterocycles. The summed E-state index contributed by atoms with van der Waals surface area (Å²) in [5.41, 5.74) is 6.98. The molecule has 2 N–H and O–H groups in total. The molecule has 2 atom stereocenters. The van der Waals surface area contributed by atoms with E-state index in [-0.39, 0.29) is 5.82 Å². The second-order valence-corrected chi connectivity index (χ2v) is 4.80. The maximum atomic E-state index is 13.2. The van der Waals surface area contributed by atoms with Crippen LogP contribution in [-0.4, -0.2) is 6.54 Å². The highest BCUT2D eigenvalue weighted by Gasteiger charge is 2.24. The van der Waals surface area contributed by atoms with Crippen LogP contribution in [-0.2, 0) is 0 Å². The Kier molecular flexibility index (Phi) is 3.94. The molecule has 0 radical (unpaired) electrons. The van der Waals surface area contributed by atoms with E-state index in [1.807, 2.05) is 12.1 Å². The summed E-state index contributed by atoms with van der Waals surface area (Å²) in [5, 5.41) is 0. The first-order chi connectivity index (χ1) is 7.81. The normalized spacial score (nSPS) is 26.4. The molecule has 88 valence electrons. The van der Waals surface area contributed by atoms with Crippen LogP contribution in [0.15, 0.2) is 24.3 Å². The number of hydrogen-bond acceptors (Lipinski definition) is 1. The Morgan fingerprint density at radius 3 is 2.75 bits per heavy atom. The van der Waals surface area contributed by atoms with Crippen LogP contribution >= 0.6 is 0 Å². The van der Waals surface area contributed by atoms with Crippen LogP contribution < -0.4 is 5.73 Å². The van der Waals surface area contributed by atoms with Gasteiger partial charge in [0.05, 0.1) is 0 Å². The monoisotopic (exact) mass is 221 g/mol. The zero-order chi connectivity index (χ0) is 11.4. The Morgan fingerprint density at radius 2 is 2.00 bits per heavy atom. The average molecular weight is 221 g/mol. The van der Waals surface area contributed by atoms with Gasteiger partial charge < -0.3 is 5.73 Å². The molecule has 1 fully saturated rings. The van der Waals surface area contributed by atoms with Crippen molar-refractivity contribution in [3.63, 3.8) is 0 Å². The molecular weight excluding hydrogens is 201 g/mol. The molecule has 16 heavy (non-hydrogen) atoms. The molecule has 1 aliphatic carbocycles. The molecule has 2 rings (SSSR count). The van der Waals surface area contributed by atoms with Crippen molar-refractivity contribution in [1.29, 1.82) is 0 Å². The van der Waals surface area contributed by atoms with Gasteiger partial charge in [0.25, 0.3) is 0 Å². The van der Waals surface area contributed by atoms with Crippen molar-refractivity contribution in [3.8, 4) is 0 Å². The van der Waals surface area contributed by atoms with Crippen LogP contribution in [0.2, 0.25) is 0 Å². The molecule has 1 aromatic carbocycles. The fourth-order valence-electron chi connectivity index (χ4n) is 2.84. The Balaban J connectivity index is 2.21. The SMILES string of the molecule is NCC1CCCCCC1c1cccc(F)c1. The molecular formula is C14H20FN. The smallest absolute Gasteiger partial charge is 0.123 e. The van der Waals surface area contributed by atoms with Gasteiger partial charge in [0.1, 0.15) is 5.82 Å². The van der Waals surface area contributed by atoms with E-state index in [0.717, 1.165) is 18.5 Å². The lowest BCUT2D eigenvalue weighted by molar-refractivity contribution is 0.407. The number of nitrogens with two attached hydrogens (primary N) is 1. The topological polar surface area (TPSA) is 26.0 Å². The minimum atomic E-state index is -0.127. The molecule has 0 aliphatic heterocycles. The van der Waals surface area contributed by atoms with Crippen LogP contribution in [0, 0.1) is 11.7 Å². The van der Waals surface area contributed by atoms with Gasteiger partial charge in [0.2, 0.25) is 0 Å². The van der Waals surface area contributed by atoms with Gasteiger partial charge in [0, 0.05) is 0 Å². The molecule has 1 saturated carbocycles. The van der Waals surface area contributed by atoms with Crippen molar-refractivity contribution >= 4 is 0 Å². The summed E-state index contributed by atoms with van der Waals surface area (Å²) < 4.78 is 13.2. The lowest BCUT2D eigenvalue weighted by Gasteiger charge is -2.24. The predicted molar refractivity (Wildman–Crippen MR) is 64.8 cm³/mol. The van der Waals surface area contributed by atoms with Crippen molar-refractivity contribution in [2.75, 3.05) is 6.54 Å². The minimum absolute atomic E-state index is 0.127. The maximum Gasteiger partial charge on any atom is 0.123 e. The highest BCUT2D eigenvalue weighted by atomic mass is 19.1. The highest BCUT2D eigenvalue weighted by molar-refractivity contribution is 5.21. The van der Waals surface area contributed by atoms with Crippen LogP contribution in [0.4, 0.5) is 4.39 Å². The molecule has 0 saturated heterocycles. The van der Waals surface area contributed by atoms with Gasteiger partial charge in [-0.3, -0.25) is 0 Å². The quantitative estimate of drug-likeness (QED) is 0.760. The summed E-state index contributed by atoms with van der Waals surface area (Å²) >= 11 is 0. The second kappa shape index (κ2) is 5.44. The van der Waals surface area contributed by atoms with Gasteiger partial charge in [0.15, 0.2) is 0 Å². The van der Waals surface area contributed by atoms with E-state index in [9.17, 15) is 4.39 Å². The van der Waals surface area contributed by atoms with Gasteiger partial charge in [-0.2, -0.15) is 0 Å². The van der Waals surface area contributed by atoms with Crippen LogP contribution in [0.5, 0.6) is 0 Å².